The third kappa shape index (κ3) is 9.83. The van der Waals surface area contributed by atoms with Gasteiger partial charge in [0.25, 0.3) is 0 Å². The number of piperazine rings is 1. The summed E-state index contributed by atoms with van der Waals surface area (Å²) >= 11 is 6.31. The van der Waals surface area contributed by atoms with Gasteiger partial charge in [-0.3, -0.25) is 19.6 Å². The fourth-order valence-electron chi connectivity index (χ4n) is 7.59. The number of anilines is 1. The second-order valence-corrected chi connectivity index (χ2v) is 13.9. The number of benzene rings is 2. The number of aromatic nitrogens is 3. The molecule has 2 aromatic heterocycles. The number of carbonyl (C=O) groups is 1. The van der Waals surface area contributed by atoms with E-state index in [9.17, 15) is 13.6 Å². The molecule has 0 saturated carbocycles. The number of rotatable bonds is 6. The lowest BCUT2D eigenvalue weighted by atomic mass is 10.0. The van der Waals surface area contributed by atoms with Gasteiger partial charge >= 0.3 is 6.01 Å². The molecule has 2 atom stereocenters. The van der Waals surface area contributed by atoms with Gasteiger partial charge in [-0.1, -0.05) is 41.9 Å². The minimum Gasteiger partial charge on any atom is -0.467 e. The molecule has 8 rings (SSSR count). The number of halogens is 4. The second kappa shape index (κ2) is 19.9. The molecular formula is C40H48ClF3N8O3. The van der Waals surface area contributed by atoms with Gasteiger partial charge < -0.3 is 19.6 Å². The SMILES string of the molecule is CC#N.CO.COc1nc(N2CCN(C(=O)/C=C/CN3CCCC3)CC2)c2cnc(-c3cccc4ccc(F)c(Cl)c34)c(F)c2n1.FC1CC2CCCN2C1. The highest BCUT2D eigenvalue weighted by atomic mass is 35.5. The fraction of sp³-hybridized carbons (Fsp3) is 0.475. The number of alkyl halides is 1. The van der Waals surface area contributed by atoms with Crippen molar-refractivity contribution in [3.63, 3.8) is 0 Å². The van der Waals surface area contributed by atoms with Gasteiger partial charge in [-0.15, -0.1) is 0 Å². The van der Waals surface area contributed by atoms with Crippen LogP contribution in [0.3, 0.4) is 0 Å². The maximum atomic E-state index is 16.1. The van der Waals surface area contributed by atoms with Crippen molar-refractivity contribution < 1.29 is 27.8 Å². The third-order valence-electron chi connectivity index (χ3n) is 10.2. The Bertz CT molecular complexity index is 1990. The van der Waals surface area contributed by atoms with Gasteiger partial charge in [0.15, 0.2) is 5.82 Å². The fourth-order valence-corrected chi connectivity index (χ4v) is 7.86. The van der Waals surface area contributed by atoms with Crippen LogP contribution in [0.4, 0.5) is 19.0 Å². The van der Waals surface area contributed by atoms with Crippen LogP contribution in [0.2, 0.25) is 5.02 Å². The van der Waals surface area contributed by atoms with Crippen LogP contribution >= 0.6 is 11.6 Å². The topological polar surface area (TPSA) is 122 Å². The molecule has 4 aliphatic rings. The number of pyridine rings is 1. The zero-order chi connectivity index (χ0) is 39.5. The molecule has 0 spiro atoms. The summed E-state index contributed by atoms with van der Waals surface area (Å²) in [5.74, 6) is -0.826. The van der Waals surface area contributed by atoms with Crippen molar-refractivity contribution in [3.8, 4) is 23.3 Å². The quantitative estimate of drug-likeness (QED) is 0.220. The molecule has 1 amide bonds. The Morgan fingerprint density at radius 1 is 1.05 bits per heavy atom. The summed E-state index contributed by atoms with van der Waals surface area (Å²) in [6.45, 7) is 8.24. The molecule has 294 valence electrons. The van der Waals surface area contributed by atoms with Crippen LogP contribution in [0.15, 0.2) is 48.7 Å². The molecule has 2 aromatic carbocycles. The van der Waals surface area contributed by atoms with Gasteiger partial charge in [0.1, 0.15) is 29.0 Å². The van der Waals surface area contributed by atoms with Crippen molar-refractivity contribution >= 4 is 45.0 Å². The molecule has 4 saturated heterocycles. The molecule has 11 nitrogen and oxygen atoms in total. The number of carbonyl (C=O) groups excluding carboxylic acids is 1. The van der Waals surface area contributed by atoms with Crippen LogP contribution in [0.5, 0.6) is 6.01 Å². The molecule has 0 aliphatic carbocycles. The van der Waals surface area contributed by atoms with Gasteiger partial charge in [0, 0.05) is 82.6 Å². The van der Waals surface area contributed by atoms with Crippen molar-refractivity contribution in [2.75, 3.05) is 78.0 Å². The molecule has 4 aliphatic heterocycles. The Morgan fingerprint density at radius 3 is 2.47 bits per heavy atom. The predicted molar refractivity (Wildman–Crippen MR) is 209 cm³/mol. The van der Waals surface area contributed by atoms with Crippen LogP contribution in [0.25, 0.3) is 32.9 Å². The largest absolute Gasteiger partial charge is 0.467 e. The van der Waals surface area contributed by atoms with E-state index in [2.05, 4.69) is 24.8 Å². The first-order chi connectivity index (χ1) is 26.7. The van der Waals surface area contributed by atoms with Gasteiger partial charge in [-0.2, -0.15) is 15.2 Å². The normalized spacial score (nSPS) is 19.6. The molecule has 0 radical (unpaired) electrons. The van der Waals surface area contributed by atoms with Gasteiger partial charge in [0.2, 0.25) is 5.91 Å². The number of nitrogens with zero attached hydrogens (tertiary/aromatic N) is 8. The smallest absolute Gasteiger partial charge is 0.318 e. The van der Waals surface area contributed by atoms with E-state index >= 15 is 4.39 Å². The third-order valence-corrected chi connectivity index (χ3v) is 10.6. The first kappa shape index (κ1) is 41.6. The van der Waals surface area contributed by atoms with Crippen LogP contribution in [-0.4, -0.2) is 126 Å². The summed E-state index contributed by atoms with van der Waals surface area (Å²) in [4.78, 5) is 34.4. The average molecular weight is 781 g/mol. The molecule has 6 heterocycles. The Kier molecular flexibility index (Phi) is 15.0. The number of methoxy groups -OCH3 is 1. The number of hydrogen-bond donors (Lipinski definition) is 1. The van der Waals surface area contributed by atoms with Crippen LogP contribution in [0, 0.1) is 23.0 Å². The summed E-state index contributed by atoms with van der Waals surface area (Å²) in [5, 5.41) is 15.7. The van der Waals surface area contributed by atoms with Crippen molar-refractivity contribution in [1.82, 2.24) is 29.7 Å². The minimum absolute atomic E-state index is 0.00145. The number of aliphatic hydroxyl groups excluding tert-OH is 1. The number of ether oxygens (including phenoxy) is 1. The number of nitriles is 1. The molecule has 55 heavy (non-hydrogen) atoms. The summed E-state index contributed by atoms with van der Waals surface area (Å²) in [5.41, 5.74) is 0.388. The summed E-state index contributed by atoms with van der Waals surface area (Å²) in [7, 11) is 2.42. The molecule has 15 heteroatoms. The lowest BCUT2D eigenvalue weighted by Crippen LogP contribution is -2.48. The van der Waals surface area contributed by atoms with Gasteiger partial charge in [-0.25, -0.2) is 13.2 Å². The van der Waals surface area contributed by atoms with Gasteiger partial charge in [-0.05, 0) is 63.2 Å². The van der Waals surface area contributed by atoms with Crippen LogP contribution < -0.4 is 9.64 Å². The van der Waals surface area contributed by atoms with E-state index < -0.39 is 17.8 Å². The Morgan fingerprint density at radius 2 is 1.78 bits per heavy atom. The van der Waals surface area contributed by atoms with Crippen molar-refractivity contribution in [2.24, 2.45) is 0 Å². The number of hydrogen-bond acceptors (Lipinski definition) is 10. The van der Waals surface area contributed by atoms with Crippen molar-refractivity contribution in [2.45, 2.75) is 51.2 Å². The van der Waals surface area contributed by atoms with Crippen LogP contribution in [0.1, 0.15) is 39.0 Å². The molecule has 1 N–H and O–H groups in total. The van der Waals surface area contributed by atoms with E-state index in [1.807, 2.05) is 11.0 Å². The number of amides is 1. The first-order valence-electron chi connectivity index (χ1n) is 18.6. The van der Waals surface area contributed by atoms with E-state index in [0.717, 1.165) is 39.7 Å². The number of fused-ring (bicyclic) bond motifs is 3. The first-order valence-corrected chi connectivity index (χ1v) is 18.9. The minimum atomic E-state index is -0.686. The zero-order valence-electron chi connectivity index (χ0n) is 31.5. The maximum Gasteiger partial charge on any atom is 0.318 e. The van der Waals surface area contributed by atoms with E-state index in [1.54, 1.807) is 41.3 Å². The Labute approximate surface area is 325 Å². The standard InChI is InChI=1S/C30H29ClF2N6O2.C7H12FN.C2H3N.CH4O/c1-41-30-35-28-21(18-34-27(26(28)33)20-7-4-6-19-9-10-22(32)25(31)24(19)20)29(36-30)39-16-14-38(15-17-39)23(40)8-5-13-37-11-2-3-12-37;8-6-4-7-2-1-3-9(7)5-6;1-2-3;1-2/h4-10,18H,2-3,11-17H2,1H3;6-7H,1-5H2;1H3;2H,1H3/b8-5+;;;. The molecule has 4 aromatic rings. The summed E-state index contributed by atoms with van der Waals surface area (Å²) in [6, 6.07) is 10.4. The average Bonchev–Trinajstić information content (AvgIpc) is 3.97. The second-order valence-electron chi connectivity index (χ2n) is 13.6. The van der Waals surface area contributed by atoms with Gasteiger partial charge in [0.05, 0.1) is 23.6 Å². The maximum absolute atomic E-state index is 16.1. The van der Waals surface area contributed by atoms with Crippen LogP contribution in [-0.2, 0) is 4.79 Å². The number of aliphatic hydroxyl groups is 1. The monoisotopic (exact) mass is 780 g/mol. The molecular weight excluding hydrogens is 733 g/mol. The van der Waals surface area contributed by atoms with E-state index in [-0.39, 0.29) is 28.2 Å². The highest BCUT2D eigenvalue weighted by Gasteiger charge is 2.34. The highest BCUT2D eigenvalue weighted by molar-refractivity contribution is 6.36. The summed E-state index contributed by atoms with van der Waals surface area (Å²) in [6.07, 6.45) is 10.4. The molecule has 2 unspecified atom stereocenters. The molecule has 4 fully saturated rings. The predicted octanol–water partition coefficient (Wildman–Crippen LogP) is 6.42. The van der Waals surface area contributed by atoms with E-state index in [4.69, 9.17) is 26.7 Å². The lowest BCUT2D eigenvalue weighted by Gasteiger charge is -2.35. The Hall–Kier alpha value is -4.55. The zero-order valence-corrected chi connectivity index (χ0v) is 32.3. The highest BCUT2D eigenvalue weighted by Crippen LogP contribution is 2.38. The number of likely N-dealkylation sites (tertiary alicyclic amines) is 1. The lowest BCUT2D eigenvalue weighted by molar-refractivity contribution is -0.126. The van der Waals surface area contributed by atoms with Crippen molar-refractivity contribution in [3.05, 3.63) is 65.3 Å². The summed E-state index contributed by atoms with van der Waals surface area (Å²) < 4.78 is 48.4. The Balaban J connectivity index is 0.000000350. The molecule has 0 bridgehead atoms. The van der Waals surface area contributed by atoms with E-state index in [1.165, 1.54) is 52.0 Å². The van der Waals surface area contributed by atoms with E-state index in [0.29, 0.717) is 66.3 Å². The van der Waals surface area contributed by atoms with Crippen molar-refractivity contribution in [1.29, 1.82) is 5.26 Å².